The molecule has 0 radical (unpaired) electrons. The maximum Gasteiger partial charge on any atom is 0.274 e. The van der Waals surface area contributed by atoms with Crippen LogP contribution in [0.1, 0.15) is 52.2 Å². The predicted molar refractivity (Wildman–Crippen MR) is 122 cm³/mol. The summed E-state index contributed by atoms with van der Waals surface area (Å²) in [6.07, 6.45) is 4.86. The number of ether oxygens (including phenoxy) is 2. The van der Waals surface area contributed by atoms with Crippen molar-refractivity contribution in [2.45, 2.75) is 43.7 Å². The highest BCUT2D eigenvalue weighted by Gasteiger charge is 2.31. The minimum absolute atomic E-state index is 0.0446. The van der Waals surface area contributed by atoms with Crippen molar-refractivity contribution >= 4 is 5.91 Å². The van der Waals surface area contributed by atoms with E-state index in [1.54, 1.807) is 0 Å². The molecule has 0 spiro atoms. The number of fused-ring (bicyclic) bond motifs is 1. The van der Waals surface area contributed by atoms with E-state index in [1.165, 1.54) is 5.56 Å². The van der Waals surface area contributed by atoms with Crippen LogP contribution >= 0.6 is 0 Å². The van der Waals surface area contributed by atoms with Gasteiger partial charge in [0.2, 0.25) is 5.88 Å². The summed E-state index contributed by atoms with van der Waals surface area (Å²) in [5.41, 5.74) is 2.91. The Bertz CT molecular complexity index is 1140. The van der Waals surface area contributed by atoms with E-state index in [4.69, 9.17) is 19.4 Å². The standard InChI is InChI=1S/C26H28N4O3/c31-26(29-12-11-19(13-29)18-5-2-1-3-6-18)23-15-30-14-20(9-10-24(30)27-23)22-7-4-8-25(28-22)33-21-16-32-17-21/h1-8,15,19-21H,9-14,16-17H2. The predicted octanol–water partition coefficient (Wildman–Crippen LogP) is 3.42. The first kappa shape index (κ1) is 20.4. The van der Waals surface area contributed by atoms with Crippen LogP contribution in [0.5, 0.6) is 5.88 Å². The highest BCUT2D eigenvalue weighted by Crippen LogP contribution is 2.31. The van der Waals surface area contributed by atoms with E-state index in [1.807, 2.05) is 29.3 Å². The number of benzene rings is 1. The summed E-state index contributed by atoms with van der Waals surface area (Å²) in [7, 11) is 0. The third-order valence-electron chi connectivity index (χ3n) is 7.02. The molecular weight excluding hydrogens is 416 g/mol. The molecule has 0 N–H and O–H groups in total. The van der Waals surface area contributed by atoms with Gasteiger partial charge in [0, 0.05) is 55.8 Å². The molecule has 2 fully saturated rings. The van der Waals surface area contributed by atoms with Crippen molar-refractivity contribution in [3.63, 3.8) is 0 Å². The molecule has 1 amide bonds. The van der Waals surface area contributed by atoms with Gasteiger partial charge in [-0.1, -0.05) is 36.4 Å². The monoisotopic (exact) mass is 444 g/mol. The Morgan fingerprint density at radius 2 is 1.85 bits per heavy atom. The van der Waals surface area contributed by atoms with E-state index < -0.39 is 0 Å². The summed E-state index contributed by atoms with van der Waals surface area (Å²) < 4.78 is 13.2. The molecule has 7 heteroatoms. The van der Waals surface area contributed by atoms with Crippen molar-refractivity contribution in [2.24, 2.45) is 0 Å². The number of pyridine rings is 1. The number of carbonyl (C=O) groups is 1. The quantitative estimate of drug-likeness (QED) is 0.603. The molecule has 2 unspecified atom stereocenters. The SMILES string of the molecule is O=C(c1cn2c(n1)CCC(c1cccc(OC3COC3)n1)C2)N1CCC(c2ccccc2)C1. The fourth-order valence-corrected chi connectivity index (χ4v) is 5.07. The van der Waals surface area contributed by atoms with Gasteiger partial charge in [-0.3, -0.25) is 4.79 Å². The Balaban J connectivity index is 1.13. The Morgan fingerprint density at radius 1 is 0.970 bits per heavy atom. The summed E-state index contributed by atoms with van der Waals surface area (Å²) in [5, 5.41) is 0. The summed E-state index contributed by atoms with van der Waals surface area (Å²) in [5.74, 6) is 2.39. The second-order valence-electron chi connectivity index (χ2n) is 9.26. The second kappa shape index (κ2) is 8.63. The van der Waals surface area contributed by atoms with Gasteiger partial charge < -0.3 is 18.9 Å². The van der Waals surface area contributed by atoms with Crippen LogP contribution in [0.4, 0.5) is 0 Å². The number of hydrogen-bond donors (Lipinski definition) is 0. The molecular formula is C26H28N4O3. The molecule has 2 atom stereocenters. The normalized spacial score (nSPS) is 22.6. The summed E-state index contributed by atoms with van der Waals surface area (Å²) in [6, 6.07) is 16.5. The van der Waals surface area contributed by atoms with Gasteiger partial charge in [0.15, 0.2) is 0 Å². The van der Waals surface area contributed by atoms with Crippen LogP contribution in [-0.2, 0) is 17.7 Å². The molecule has 2 aromatic heterocycles. The molecule has 170 valence electrons. The van der Waals surface area contributed by atoms with Crippen LogP contribution in [0.3, 0.4) is 0 Å². The van der Waals surface area contributed by atoms with Crippen molar-refractivity contribution in [3.8, 4) is 5.88 Å². The number of hydrogen-bond acceptors (Lipinski definition) is 5. The Morgan fingerprint density at radius 3 is 2.67 bits per heavy atom. The van der Waals surface area contributed by atoms with Crippen molar-refractivity contribution in [1.29, 1.82) is 0 Å². The Kier molecular flexibility index (Phi) is 5.34. The fourth-order valence-electron chi connectivity index (χ4n) is 5.07. The van der Waals surface area contributed by atoms with Crippen LogP contribution in [-0.4, -0.2) is 57.7 Å². The van der Waals surface area contributed by atoms with E-state index in [9.17, 15) is 4.79 Å². The number of aryl methyl sites for hydroxylation is 1. The lowest BCUT2D eigenvalue weighted by Gasteiger charge is -2.27. The van der Waals surface area contributed by atoms with Crippen molar-refractivity contribution in [3.05, 3.63) is 77.5 Å². The fraction of sp³-hybridized carbons (Fsp3) is 0.423. The van der Waals surface area contributed by atoms with Crippen LogP contribution < -0.4 is 4.74 Å². The molecule has 0 aliphatic carbocycles. The van der Waals surface area contributed by atoms with Gasteiger partial charge in [0.25, 0.3) is 5.91 Å². The van der Waals surface area contributed by atoms with E-state index in [0.717, 1.165) is 50.4 Å². The van der Waals surface area contributed by atoms with Gasteiger partial charge in [-0.15, -0.1) is 0 Å². The van der Waals surface area contributed by atoms with Crippen LogP contribution in [0.2, 0.25) is 0 Å². The number of aromatic nitrogens is 3. The average Bonchev–Trinajstić information content (AvgIpc) is 3.49. The minimum atomic E-state index is 0.0446. The van der Waals surface area contributed by atoms with E-state index in [2.05, 4.69) is 34.9 Å². The van der Waals surface area contributed by atoms with Gasteiger partial charge in [0.05, 0.1) is 13.2 Å². The minimum Gasteiger partial charge on any atom is -0.469 e. The summed E-state index contributed by atoms with van der Waals surface area (Å²) >= 11 is 0. The largest absolute Gasteiger partial charge is 0.469 e. The number of rotatable bonds is 5. The first-order chi connectivity index (χ1) is 16.2. The molecule has 5 heterocycles. The van der Waals surface area contributed by atoms with Crippen LogP contribution in [0, 0.1) is 0 Å². The number of likely N-dealkylation sites (tertiary alicyclic amines) is 1. The van der Waals surface area contributed by atoms with Gasteiger partial charge in [-0.25, -0.2) is 9.97 Å². The first-order valence-corrected chi connectivity index (χ1v) is 11.8. The third kappa shape index (κ3) is 4.13. The summed E-state index contributed by atoms with van der Waals surface area (Å²) in [4.78, 5) is 24.6. The number of carbonyl (C=O) groups excluding carboxylic acids is 1. The molecule has 3 aliphatic heterocycles. The smallest absolute Gasteiger partial charge is 0.274 e. The maximum absolute atomic E-state index is 13.2. The van der Waals surface area contributed by atoms with Gasteiger partial charge in [-0.05, 0) is 24.5 Å². The Hall–Kier alpha value is -3.19. The topological polar surface area (TPSA) is 69.5 Å². The molecule has 3 aromatic rings. The van der Waals surface area contributed by atoms with E-state index in [-0.39, 0.29) is 17.9 Å². The van der Waals surface area contributed by atoms with Crippen molar-refractivity contribution < 1.29 is 14.3 Å². The number of nitrogens with zero attached hydrogens (tertiary/aromatic N) is 4. The van der Waals surface area contributed by atoms with Crippen LogP contribution in [0.15, 0.2) is 54.7 Å². The highest BCUT2D eigenvalue weighted by atomic mass is 16.6. The van der Waals surface area contributed by atoms with Crippen molar-refractivity contribution in [2.75, 3.05) is 26.3 Å². The molecule has 3 aliphatic rings. The van der Waals surface area contributed by atoms with Crippen LogP contribution in [0.25, 0.3) is 0 Å². The zero-order chi connectivity index (χ0) is 22.2. The summed E-state index contributed by atoms with van der Waals surface area (Å²) in [6.45, 7) is 3.59. The van der Waals surface area contributed by atoms with Gasteiger partial charge in [-0.2, -0.15) is 0 Å². The zero-order valence-corrected chi connectivity index (χ0v) is 18.6. The lowest BCUT2D eigenvalue weighted by atomic mass is 9.95. The second-order valence-corrected chi connectivity index (χ2v) is 9.26. The Labute approximate surface area is 193 Å². The molecule has 2 saturated heterocycles. The molecule has 1 aromatic carbocycles. The molecule has 0 saturated carbocycles. The molecule has 0 bridgehead atoms. The molecule has 33 heavy (non-hydrogen) atoms. The van der Waals surface area contributed by atoms with E-state index >= 15 is 0 Å². The maximum atomic E-state index is 13.2. The lowest BCUT2D eigenvalue weighted by molar-refractivity contribution is -0.0814. The molecule has 6 rings (SSSR count). The third-order valence-corrected chi connectivity index (χ3v) is 7.02. The lowest BCUT2D eigenvalue weighted by Crippen LogP contribution is -2.38. The first-order valence-electron chi connectivity index (χ1n) is 11.8. The van der Waals surface area contributed by atoms with Crippen molar-refractivity contribution in [1.82, 2.24) is 19.4 Å². The molecule has 7 nitrogen and oxygen atoms in total. The zero-order valence-electron chi connectivity index (χ0n) is 18.6. The number of imidazole rings is 1. The van der Waals surface area contributed by atoms with Gasteiger partial charge >= 0.3 is 0 Å². The highest BCUT2D eigenvalue weighted by molar-refractivity contribution is 5.92. The average molecular weight is 445 g/mol. The number of amides is 1. The van der Waals surface area contributed by atoms with Gasteiger partial charge in [0.1, 0.15) is 17.6 Å². The van der Waals surface area contributed by atoms with E-state index in [0.29, 0.717) is 30.7 Å².